The van der Waals surface area contributed by atoms with Crippen LogP contribution in [0.1, 0.15) is 17.2 Å². The number of nitrogens with one attached hydrogen (secondary N) is 1. The first-order chi connectivity index (χ1) is 11.7. The van der Waals surface area contributed by atoms with Gasteiger partial charge in [0.25, 0.3) is 5.91 Å². The predicted octanol–water partition coefficient (Wildman–Crippen LogP) is 2.73. The Labute approximate surface area is 138 Å². The maximum atomic E-state index is 11.9. The number of hydrazone groups is 1. The van der Waals surface area contributed by atoms with Crippen molar-refractivity contribution in [2.45, 2.75) is 6.10 Å². The summed E-state index contributed by atoms with van der Waals surface area (Å²) in [7, 11) is 0. The second kappa shape index (κ2) is 6.93. The molecule has 0 unspecified atom stereocenters. The van der Waals surface area contributed by atoms with Crippen molar-refractivity contribution < 1.29 is 15.0 Å². The summed E-state index contributed by atoms with van der Waals surface area (Å²) in [6, 6.07) is 19.5. The van der Waals surface area contributed by atoms with Crippen LogP contribution in [0.5, 0.6) is 5.75 Å². The van der Waals surface area contributed by atoms with Crippen molar-refractivity contribution in [2.75, 3.05) is 0 Å². The molecule has 1 atom stereocenters. The minimum Gasteiger partial charge on any atom is -0.507 e. The number of carbonyl (C=O) groups excluding carboxylic acids is 1. The summed E-state index contributed by atoms with van der Waals surface area (Å²) in [6.07, 6.45) is 0.0669. The van der Waals surface area contributed by atoms with Crippen LogP contribution in [0.2, 0.25) is 0 Å². The smallest absolute Gasteiger partial charge is 0.273 e. The average Bonchev–Trinajstić information content (AvgIpc) is 2.63. The summed E-state index contributed by atoms with van der Waals surface area (Å²) < 4.78 is 0. The molecule has 3 aromatic carbocycles. The molecule has 3 rings (SSSR count). The average molecular weight is 320 g/mol. The molecule has 0 aliphatic carbocycles. The number of nitrogens with zero attached hydrogens (tertiary/aromatic N) is 1. The van der Waals surface area contributed by atoms with E-state index in [2.05, 4.69) is 10.5 Å². The highest BCUT2D eigenvalue weighted by Gasteiger charge is 2.16. The van der Waals surface area contributed by atoms with E-state index >= 15 is 0 Å². The Hall–Kier alpha value is -3.18. The van der Waals surface area contributed by atoms with Crippen LogP contribution >= 0.6 is 0 Å². The quantitative estimate of drug-likeness (QED) is 0.510. The second-order valence-corrected chi connectivity index (χ2v) is 5.27. The lowest BCUT2D eigenvalue weighted by atomic mass is 10.0. The number of aromatic hydroxyl groups is 1. The molecule has 24 heavy (non-hydrogen) atoms. The number of phenolic OH excluding ortho intramolecular Hbond substituents is 1. The lowest BCUT2D eigenvalue weighted by Crippen LogP contribution is -2.25. The van der Waals surface area contributed by atoms with Crippen LogP contribution < -0.4 is 5.43 Å². The molecule has 120 valence electrons. The van der Waals surface area contributed by atoms with E-state index < -0.39 is 12.0 Å². The lowest BCUT2D eigenvalue weighted by Gasteiger charge is -2.09. The molecular weight excluding hydrogens is 304 g/mol. The van der Waals surface area contributed by atoms with Gasteiger partial charge < -0.3 is 10.2 Å². The molecule has 5 nitrogen and oxygen atoms in total. The van der Waals surface area contributed by atoms with Crippen molar-refractivity contribution in [1.82, 2.24) is 5.43 Å². The minimum absolute atomic E-state index is 0.0651. The molecular formula is C19H16N2O3. The molecule has 0 saturated carbocycles. The van der Waals surface area contributed by atoms with Crippen LogP contribution in [-0.2, 0) is 4.79 Å². The molecule has 5 heteroatoms. The highest BCUT2D eigenvalue weighted by atomic mass is 16.3. The first-order valence-corrected chi connectivity index (χ1v) is 7.43. The SMILES string of the molecule is O=C(N/N=C/c1c(O)ccc2ccccc12)[C@@H](O)c1ccccc1. The van der Waals surface area contributed by atoms with E-state index in [1.54, 1.807) is 42.5 Å². The summed E-state index contributed by atoms with van der Waals surface area (Å²) in [6.45, 7) is 0. The zero-order chi connectivity index (χ0) is 16.9. The van der Waals surface area contributed by atoms with Crippen molar-refractivity contribution in [3.63, 3.8) is 0 Å². The Bertz CT molecular complexity index is 892. The third-order valence-corrected chi connectivity index (χ3v) is 3.68. The van der Waals surface area contributed by atoms with Crippen molar-refractivity contribution in [1.29, 1.82) is 0 Å². The second-order valence-electron chi connectivity index (χ2n) is 5.27. The first kappa shape index (κ1) is 15.7. The zero-order valence-corrected chi connectivity index (χ0v) is 12.8. The maximum absolute atomic E-state index is 11.9. The van der Waals surface area contributed by atoms with Crippen molar-refractivity contribution in [2.24, 2.45) is 5.10 Å². The Balaban J connectivity index is 1.77. The van der Waals surface area contributed by atoms with Crippen LogP contribution in [0.4, 0.5) is 0 Å². The fourth-order valence-corrected chi connectivity index (χ4v) is 2.43. The van der Waals surface area contributed by atoms with E-state index in [-0.39, 0.29) is 5.75 Å². The van der Waals surface area contributed by atoms with E-state index in [9.17, 15) is 15.0 Å². The van der Waals surface area contributed by atoms with Crippen LogP contribution in [0.25, 0.3) is 10.8 Å². The molecule has 0 heterocycles. The van der Waals surface area contributed by atoms with Crippen LogP contribution in [0.15, 0.2) is 71.8 Å². The molecule has 1 amide bonds. The Morgan fingerprint density at radius 2 is 1.71 bits per heavy atom. The van der Waals surface area contributed by atoms with Gasteiger partial charge in [-0.2, -0.15) is 5.10 Å². The summed E-state index contributed by atoms with van der Waals surface area (Å²) in [5.41, 5.74) is 3.28. The Morgan fingerprint density at radius 1 is 1.00 bits per heavy atom. The van der Waals surface area contributed by atoms with Gasteiger partial charge >= 0.3 is 0 Å². The van der Waals surface area contributed by atoms with Gasteiger partial charge in [0.1, 0.15) is 5.75 Å². The van der Waals surface area contributed by atoms with Gasteiger partial charge in [0.05, 0.1) is 6.21 Å². The first-order valence-electron chi connectivity index (χ1n) is 7.43. The summed E-state index contributed by atoms with van der Waals surface area (Å²) in [5.74, 6) is -0.576. The van der Waals surface area contributed by atoms with Crippen LogP contribution in [0, 0.1) is 0 Å². The standard InChI is InChI=1S/C19H16N2O3/c22-17-11-10-13-6-4-5-9-15(13)16(17)12-20-21-19(24)18(23)14-7-2-1-3-8-14/h1-12,18,22-23H,(H,21,24)/b20-12+/t18-/m0/s1. The fraction of sp³-hybridized carbons (Fsp3) is 0.0526. The monoisotopic (exact) mass is 320 g/mol. The Kier molecular flexibility index (Phi) is 4.54. The molecule has 0 fully saturated rings. The lowest BCUT2D eigenvalue weighted by molar-refractivity contribution is -0.129. The van der Waals surface area contributed by atoms with E-state index in [0.717, 1.165) is 10.8 Å². The largest absolute Gasteiger partial charge is 0.507 e. The van der Waals surface area contributed by atoms with Gasteiger partial charge in [-0.25, -0.2) is 5.43 Å². The molecule has 0 aliphatic heterocycles. The van der Waals surface area contributed by atoms with Gasteiger partial charge in [-0.1, -0.05) is 60.7 Å². The molecule has 0 saturated heterocycles. The van der Waals surface area contributed by atoms with Crippen molar-refractivity contribution >= 4 is 22.9 Å². The summed E-state index contributed by atoms with van der Waals surface area (Å²) in [5, 5.41) is 25.6. The normalized spacial score (nSPS) is 12.4. The zero-order valence-electron chi connectivity index (χ0n) is 12.8. The maximum Gasteiger partial charge on any atom is 0.273 e. The van der Waals surface area contributed by atoms with Crippen LogP contribution in [-0.4, -0.2) is 22.3 Å². The van der Waals surface area contributed by atoms with Gasteiger partial charge in [0.2, 0.25) is 0 Å². The third-order valence-electron chi connectivity index (χ3n) is 3.68. The minimum atomic E-state index is -1.30. The number of rotatable bonds is 4. The van der Waals surface area contributed by atoms with E-state index in [0.29, 0.717) is 11.1 Å². The summed E-state index contributed by atoms with van der Waals surface area (Å²) >= 11 is 0. The van der Waals surface area contributed by atoms with E-state index in [4.69, 9.17) is 0 Å². The van der Waals surface area contributed by atoms with Crippen molar-refractivity contribution in [3.05, 3.63) is 77.9 Å². The molecule has 0 bridgehead atoms. The highest BCUT2D eigenvalue weighted by Crippen LogP contribution is 2.25. The third kappa shape index (κ3) is 3.26. The van der Waals surface area contributed by atoms with E-state index in [1.807, 2.05) is 24.3 Å². The molecule has 0 aliphatic rings. The number of carbonyl (C=O) groups is 1. The number of amides is 1. The van der Waals surface area contributed by atoms with E-state index in [1.165, 1.54) is 6.21 Å². The number of benzene rings is 3. The number of hydrogen-bond donors (Lipinski definition) is 3. The highest BCUT2D eigenvalue weighted by molar-refractivity contribution is 6.02. The number of phenols is 1. The van der Waals surface area contributed by atoms with Gasteiger partial charge in [-0.05, 0) is 22.4 Å². The number of aliphatic hydroxyl groups excluding tert-OH is 1. The molecule has 0 radical (unpaired) electrons. The summed E-state index contributed by atoms with van der Waals surface area (Å²) in [4.78, 5) is 11.9. The van der Waals surface area contributed by atoms with Crippen LogP contribution in [0.3, 0.4) is 0 Å². The molecule has 0 aromatic heterocycles. The predicted molar refractivity (Wildman–Crippen MR) is 92.8 cm³/mol. The number of hydrogen-bond acceptors (Lipinski definition) is 4. The van der Waals surface area contributed by atoms with Gasteiger partial charge in [0, 0.05) is 5.56 Å². The Morgan fingerprint density at radius 3 is 2.50 bits per heavy atom. The van der Waals surface area contributed by atoms with Gasteiger partial charge in [-0.15, -0.1) is 0 Å². The number of fused-ring (bicyclic) bond motifs is 1. The topological polar surface area (TPSA) is 81.9 Å². The molecule has 0 spiro atoms. The van der Waals surface area contributed by atoms with Gasteiger partial charge in [0.15, 0.2) is 6.10 Å². The molecule has 3 N–H and O–H groups in total. The molecule has 3 aromatic rings. The van der Waals surface area contributed by atoms with Crippen molar-refractivity contribution in [3.8, 4) is 5.75 Å². The number of aliphatic hydroxyl groups is 1. The van der Waals surface area contributed by atoms with Gasteiger partial charge in [-0.3, -0.25) is 4.79 Å². The fourth-order valence-electron chi connectivity index (χ4n) is 2.43.